The lowest BCUT2D eigenvalue weighted by Crippen LogP contribution is -2.40. The number of benzene rings is 1. The molecular formula is C21H19F3N2O7. The van der Waals surface area contributed by atoms with Crippen LogP contribution in [0.3, 0.4) is 0 Å². The Kier molecular flexibility index (Phi) is 5.66. The van der Waals surface area contributed by atoms with Gasteiger partial charge in [-0.3, -0.25) is 4.79 Å². The summed E-state index contributed by atoms with van der Waals surface area (Å²) in [6.07, 6.45) is -5.94. The lowest BCUT2D eigenvalue weighted by molar-refractivity contribution is -0.189. The first-order valence-corrected chi connectivity index (χ1v) is 9.88. The van der Waals surface area contributed by atoms with Gasteiger partial charge in [-0.05, 0) is 26.9 Å². The van der Waals surface area contributed by atoms with Gasteiger partial charge in [-0.1, -0.05) is 5.16 Å². The highest BCUT2D eigenvalue weighted by Crippen LogP contribution is 2.43. The molecule has 1 aliphatic rings. The normalized spacial score (nSPS) is 19.7. The molecule has 3 heterocycles. The fourth-order valence-electron chi connectivity index (χ4n) is 3.94. The van der Waals surface area contributed by atoms with E-state index in [1.165, 1.54) is 6.07 Å². The van der Waals surface area contributed by atoms with Crippen LogP contribution in [0.25, 0.3) is 22.4 Å². The molecule has 1 aromatic carbocycles. The molecular weight excluding hydrogens is 449 g/mol. The van der Waals surface area contributed by atoms with E-state index in [-0.39, 0.29) is 29.1 Å². The Hall–Kier alpha value is -3.38. The van der Waals surface area contributed by atoms with Crippen molar-refractivity contribution in [1.29, 1.82) is 0 Å². The van der Waals surface area contributed by atoms with Gasteiger partial charge in [0, 0.05) is 36.2 Å². The summed E-state index contributed by atoms with van der Waals surface area (Å²) < 4.78 is 53.6. The first kappa shape index (κ1) is 22.8. The van der Waals surface area contributed by atoms with Crippen LogP contribution in [0.1, 0.15) is 23.7 Å². The number of likely N-dealkylation sites (tertiary alicyclic amines) is 1. The molecule has 1 aliphatic heterocycles. The summed E-state index contributed by atoms with van der Waals surface area (Å²) in [5, 5.41) is 24.6. The number of carbonyl (C=O) groups is 1. The summed E-state index contributed by atoms with van der Waals surface area (Å²) in [4.78, 5) is 26.3. The van der Waals surface area contributed by atoms with E-state index in [1.807, 2.05) is 4.90 Å². The smallest absolute Gasteiger partial charge is 0.491 e. The third kappa shape index (κ3) is 4.31. The minimum Gasteiger partial charge on any atom is -0.507 e. The number of nitrogens with zero attached hydrogens (tertiary/aromatic N) is 2. The summed E-state index contributed by atoms with van der Waals surface area (Å²) in [7, 11) is 1.79. The van der Waals surface area contributed by atoms with Crippen molar-refractivity contribution in [2.24, 2.45) is 0 Å². The van der Waals surface area contributed by atoms with Crippen LogP contribution >= 0.6 is 0 Å². The number of phenolic OH excluding ortho intramolecular Hbond substituents is 1. The van der Waals surface area contributed by atoms with E-state index in [0.29, 0.717) is 18.7 Å². The van der Waals surface area contributed by atoms with Crippen LogP contribution < -0.4 is 10.2 Å². The van der Waals surface area contributed by atoms with Gasteiger partial charge in [0.1, 0.15) is 33.9 Å². The quantitative estimate of drug-likeness (QED) is 0.441. The zero-order chi connectivity index (χ0) is 24.1. The van der Waals surface area contributed by atoms with Gasteiger partial charge in [0.15, 0.2) is 11.2 Å². The molecule has 0 radical (unpaired) electrons. The van der Waals surface area contributed by atoms with Crippen LogP contribution in [-0.2, 0) is 4.79 Å². The number of β-amino-alcohol motifs (C(OH)–C–C–N with tert-alkyl or cyclic N) is 1. The molecule has 0 bridgehead atoms. The molecule has 0 aliphatic carbocycles. The van der Waals surface area contributed by atoms with Crippen molar-refractivity contribution in [3.8, 4) is 23.0 Å². The third-order valence-electron chi connectivity index (χ3n) is 5.45. The first-order chi connectivity index (χ1) is 15.5. The largest absolute Gasteiger partial charge is 0.507 e. The van der Waals surface area contributed by atoms with Crippen molar-refractivity contribution in [1.82, 2.24) is 10.1 Å². The summed E-state index contributed by atoms with van der Waals surface area (Å²) in [6, 6.07) is 3.20. The number of aromatic nitrogens is 1. The van der Waals surface area contributed by atoms with E-state index in [4.69, 9.17) is 8.94 Å². The van der Waals surface area contributed by atoms with Gasteiger partial charge in [-0.25, -0.2) is 4.79 Å². The molecule has 0 amide bonds. The third-order valence-corrected chi connectivity index (χ3v) is 5.45. The lowest BCUT2D eigenvalue weighted by atomic mass is 9.85. The first-order valence-electron chi connectivity index (χ1n) is 9.88. The number of likely N-dealkylation sites (N-methyl/N-ethyl adjacent to an activating group) is 1. The number of halogens is 3. The van der Waals surface area contributed by atoms with E-state index in [2.05, 4.69) is 9.89 Å². The van der Waals surface area contributed by atoms with Gasteiger partial charge in [0.25, 0.3) is 0 Å². The molecule has 9 nitrogen and oxygen atoms in total. The van der Waals surface area contributed by atoms with Crippen LogP contribution in [0.15, 0.2) is 31.9 Å². The van der Waals surface area contributed by atoms with E-state index < -0.39 is 46.5 Å². The average Bonchev–Trinajstić information content (AvgIpc) is 3.14. The number of aliphatic hydroxyl groups excluding tert-OH is 1. The zero-order valence-electron chi connectivity index (χ0n) is 17.5. The number of piperidine rings is 1. The molecule has 12 heteroatoms. The molecule has 33 heavy (non-hydrogen) atoms. The summed E-state index contributed by atoms with van der Waals surface area (Å²) in [5.41, 5.74) is -0.979. The monoisotopic (exact) mass is 468 g/mol. The molecule has 2 aromatic heterocycles. The fraction of sp³-hybridized carbons (Fsp3) is 0.381. The molecule has 1 fully saturated rings. The molecule has 0 unspecified atom stereocenters. The number of aliphatic hydroxyl groups is 1. The number of hydrogen-bond donors (Lipinski definition) is 2. The van der Waals surface area contributed by atoms with E-state index in [9.17, 15) is 33.0 Å². The van der Waals surface area contributed by atoms with Crippen LogP contribution in [-0.4, -0.2) is 58.7 Å². The minimum absolute atomic E-state index is 0.0246. The zero-order valence-corrected chi connectivity index (χ0v) is 17.5. The van der Waals surface area contributed by atoms with Crippen molar-refractivity contribution >= 4 is 16.9 Å². The lowest BCUT2D eigenvalue weighted by Gasteiger charge is -2.34. The van der Waals surface area contributed by atoms with Crippen LogP contribution in [0.2, 0.25) is 0 Å². The SMILES string of the molecule is Cc1cc(-c2cc(=O)c3c(OC(=O)C(F)(F)F)cc(O)c([C@H]4CCN(C)C[C@H]4O)c3o2)no1. The Balaban J connectivity index is 1.97. The maximum Gasteiger partial charge on any atom is 0.491 e. The van der Waals surface area contributed by atoms with Gasteiger partial charge < -0.3 is 28.8 Å². The van der Waals surface area contributed by atoms with Crippen molar-refractivity contribution in [2.45, 2.75) is 31.5 Å². The second-order valence-corrected chi connectivity index (χ2v) is 7.92. The Morgan fingerprint density at radius 3 is 2.64 bits per heavy atom. The van der Waals surface area contributed by atoms with E-state index in [1.54, 1.807) is 14.0 Å². The number of hydrogen-bond acceptors (Lipinski definition) is 9. The van der Waals surface area contributed by atoms with Crippen molar-refractivity contribution in [2.75, 3.05) is 20.1 Å². The Morgan fingerprint density at radius 1 is 1.30 bits per heavy atom. The number of aromatic hydroxyl groups is 1. The maximum absolute atomic E-state index is 13.0. The van der Waals surface area contributed by atoms with Crippen molar-refractivity contribution in [3.63, 3.8) is 0 Å². The second-order valence-electron chi connectivity index (χ2n) is 7.92. The van der Waals surface area contributed by atoms with Gasteiger partial charge >= 0.3 is 12.1 Å². The standard InChI is InChI=1S/C21H19F3N2O7/c1-9-5-11(25-33-9)15-6-13(28)18-16(32-20(30)21(22,23)24)7-12(27)17(19(18)31-15)10-3-4-26(2)8-14(10)29/h5-7,10,14,27,29H,3-4,8H2,1-2H3/t10-,14+/m0/s1. The highest BCUT2D eigenvalue weighted by atomic mass is 19.4. The van der Waals surface area contributed by atoms with Gasteiger partial charge in [0.05, 0.1) is 6.10 Å². The predicted molar refractivity (Wildman–Crippen MR) is 107 cm³/mol. The number of aryl methyl sites for hydroxylation is 1. The van der Waals surface area contributed by atoms with Gasteiger partial charge in [-0.2, -0.15) is 13.2 Å². The van der Waals surface area contributed by atoms with E-state index >= 15 is 0 Å². The van der Waals surface area contributed by atoms with Crippen LogP contribution in [0.4, 0.5) is 13.2 Å². The fourth-order valence-corrected chi connectivity index (χ4v) is 3.94. The summed E-state index contributed by atoms with van der Waals surface area (Å²) in [6.45, 7) is 2.40. The van der Waals surface area contributed by atoms with Crippen molar-refractivity contribution in [3.05, 3.63) is 39.7 Å². The number of esters is 1. The molecule has 176 valence electrons. The average molecular weight is 468 g/mol. The summed E-state index contributed by atoms with van der Waals surface area (Å²) >= 11 is 0. The van der Waals surface area contributed by atoms with Gasteiger partial charge in [-0.15, -0.1) is 0 Å². The maximum atomic E-state index is 13.0. The van der Waals surface area contributed by atoms with Crippen molar-refractivity contribution < 1.29 is 41.9 Å². The number of carbonyl (C=O) groups excluding carboxylic acids is 1. The molecule has 2 atom stereocenters. The van der Waals surface area contributed by atoms with Crippen LogP contribution in [0, 0.1) is 6.92 Å². The Bertz CT molecular complexity index is 1280. The van der Waals surface area contributed by atoms with E-state index in [0.717, 1.165) is 12.1 Å². The minimum atomic E-state index is -5.33. The highest BCUT2D eigenvalue weighted by molar-refractivity contribution is 5.92. The van der Waals surface area contributed by atoms with Gasteiger partial charge in [0.2, 0.25) is 0 Å². The Labute approximate surface area is 184 Å². The molecule has 4 rings (SSSR count). The number of alkyl halides is 3. The Morgan fingerprint density at radius 2 is 2.03 bits per heavy atom. The predicted octanol–water partition coefficient (Wildman–Crippen LogP) is 2.71. The molecule has 0 saturated carbocycles. The molecule has 2 N–H and O–H groups in total. The highest BCUT2D eigenvalue weighted by Gasteiger charge is 2.42. The number of phenols is 1. The molecule has 0 spiro atoms. The molecule has 3 aromatic rings. The number of rotatable bonds is 3. The topological polar surface area (TPSA) is 126 Å². The summed E-state index contributed by atoms with van der Waals surface area (Å²) in [5.74, 6) is -4.33. The second kappa shape index (κ2) is 8.19. The molecule has 1 saturated heterocycles. The van der Waals surface area contributed by atoms with Crippen LogP contribution in [0.5, 0.6) is 11.5 Å². The number of fused-ring (bicyclic) bond motifs is 1. The number of ether oxygens (including phenoxy) is 1.